The van der Waals surface area contributed by atoms with Gasteiger partial charge in [0.1, 0.15) is 0 Å². The Bertz CT molecular complexity index is 636. The average Bonchev–Trinajstić information content (AvgIpc) is 2.42. The summed E-state index contributed by atoms with van der Waals surface area (Å²) < 4.78 is 0. The molecule has 0 atom stereocenters. The van der Waals surface area contributed by atoms with Crippen molar-refractivity contribution in [2.45, 2.75) is 35.6 Å². The minimum atomic E-state index is 0. The second-order valence-electron chi connectivity index (χ2n) is 3.96. The summed E-state index contributed by atoms with van der Waals surface area (Å²) in [5.74, 6) is 0. The quantitative estimate of drug-likeness (QED) is 0.396. The fourth-order valence-electron chi connectivity index (χ4n) is 2.24. The van der Waals surface area contributed by atoms with Crippen molar-refractivity contribution in [3.05, 3.63) is 60.2 Å². The van der Waals surface area contributed by atoms with Crippen molar-refractivity contribution in [3.63, 3.8) is 0 Å². The molecule has 0 aliphatic rings. The van der Waals surface area contributed by atoms with Gasteiger partial charge < -0.3 is 0 Å². The summed E-state index contributed by atoms with van der Waals surface area (Å²) >= 11 is 0. The van der Waals surface area contributed by atoms with Crippen molar-refractivity contribution in [2.24, 2.45) is 0 Å². The number of hydrogen-bond acceptors (Lipinski definition) is 0. The van der Waals surface area contributed by atoms with Gasteiger partial charge in [-0.25, -0.2) is 0 Å². The maximum absolute atomic E-state index is 2.26. The van der Waals surface area contributed by atoms with Crippen molar-refractivity contribution < 1.29 is 0 Å². The molecule has 3 aromatic carbocycles. The molecule has 0 aromatic heterocycles. The van der Waals surface area contributed by atoms with Crippen LogP contribution in [-0.4, -0.2) is 0 Å². The lowest BCUT2D eigenvalue weighted by molar-refractivity contribution is 1.50. The summed E-state index contributed by atoms with van der Waals surface area (Å²) in [5.41, 5.74) is 1.35. The third kappa shape index (κ3) is 3.14. The molecule has 0 radical (unpaired) electrons. The van der Waals surface area contributed by atoms with Crippen molar-refractivity contribution in [1.82, 2.24) is 0 Å². The average molecular weight is 254 g/mol. The summed E-state index contributed by atoms with van der Waals surface area (Å²) in [6.45, 7) is 6.18. The van der Waals surface area contributed by atoms with E-state index in [0.29, 0.717) is 0 Å². The standard InChI is InChI=1S/C15H12.C2H6.2CH4/c1-11-10-12-6-2-3-8-14(12)15-9-5-4-7-13(11)15;1-2;;/h2-10H,1H3;1-2H3;2*1H4. The highest BCUT2D eigenvalue weighted by Gasteiger charge is 2.01. The summed E-state index contributed by atoms with van der Waals surface area (Å²) in [6, 6.07) is 19.4. The smallest absolute Gasteiger partial charge is 0.0103 e. The van der Waals surface area contributed by atoms with E-state index in [0.717, 1.165) is 0 Å². The molecule has 0 aliphatic heterocycles. The fourth-order valence-corrected chi connectivity index (χ4v) is 2.24. The summed E-state index contributed by atoms with van der Waals surface area (Å²) in [4.78, 5) is 0. The van der Waals surface area contributed by atoms with Crippen molar-refractivity contribution in [2.75, 3.05) is 0 Å². The topological polar surface area (TPSA) is 0 Å². The van der Waals surface area contributed by atoms with Crippen molar-refractivity contribution >= 4 is 21.5 Å². The highest BCUT2D eigenvalue weighted by molar-refractivity contribution is 6.08. The van der Waals surface area contributed by atoms with Crippen molar-refractivity contribution in [3.8, 4) is 0 Å². The number of hydrogen-bond donors (Lipinski definition) is 0. The van der Waals surface area contributed by atoms with Gasteiger partial charge in [-0.15, -0.1) is 0 Å². The zero-order valence-electron chi connectivity index (χ0n) is 10.7. The predicted molar refractivity (Wildman–Crippen MR) is 91.0 cm³/mol. The molecule has 0 heterocycles. The number of aryl methyl sites for hydroxylation is 1. The maximum atomic E-state index is 2.26. The van der Waals surface area contributed by atoms with Gasteiger partial charge in [-0.05, 0) is 34.0 Å². The molecule has 0 unspecified atom stereocenters. The Kier molecular flexibility index (Phi) is 6.85. The molecule has 0 nitrogen and oxygen atoms in total. The van der Waals surface area contributed by atoms with Gasteiger partial charge >= 0.3 is 0 Å². The van der Waals surface area contributed by atoms with Gasteiger partial charge in [0.05, 0.1) is 0 Å². The molecule has 0 saturated carbocycles. The second kappa shape index (κ2) is 7.58. The molecule has 0 amide bonds. The second-order valence-corrected chi connectivity index (χ2v) is 3.96. The number of rotatable bonds is 0. The van der Waals surface area contributed by atoms with Crippen LogP contribution in [-0.2, 0) is 0 Å². The minimum Gasteiger partial charge on any atom is -0.0776 e. The number of benzene rings is 3. The summed E-state index contributed by atoms with van der Waals surface area (Å²) in [5, 5.41) is 5.39. The van der Waals surface area contributed by atoms with E-state index >= 15 is 0 Å². The summed E-state index contributed by atoms with van der Waals surface area (Å²) in [6.07, 6.45) is 0. The molecular weight excluding hydrogens is 228 g/mol. The molecule has 19 heavy (non-hydrogen) atoms. The van der Waals surface area contributed by atoms with Crippen LogP contribution in [0.1, 0.15) is 34.3 Å². The van der Waals surface area contributed by atoms with Crippen LogP contribution in [0, 0.1) is 6.92 Å². The van der Waals surface area contributed by atoms with Crippen molar-refractivity contribution in [1.29, 1.82) is 0 Å². The van der Waals surface area contributed by atoms with E-state index in [1.54, 1.807) is 0 Å². The van der Waals surface area contributed by atoms with Crippen LogP contribution in [0.2, 0.25) is 0 Å². The van der Waals surface area contributed by atoms with Crippen LogP contribution in [0.15, 0.2) is 54.6 Å². The normalized spacial score (nSPS) is 9.00. The number of fused-ring (bicyclic) bond motifs is 3. The first-order valence-electron chi connectivity index (χ1n) is 6.23. The molecule has 0 fully saturated rings. The van der Waals surface area contributed by atoms with E-state index in [1.165, 1.54) is 27.1 Å². The molecular formula is C19H26. The molecule has 0 heteroatoms. The lowest BCUT2D eigenvalue weighted by atomic mass is 9.98. The van der Waals surface area contributed by atoms with E-state index in [2.05, 4.69) is 61.5 Å². The maximum Gasteiger partial charge on any atom is -0.0103 e. The van der Waals surface area contributed by atoms with E-state index in [4.69, 9.17) is 0 Å². The first-order valence-corrected chi connectivity index (χ1v) is 6.23. The molecule has 3 aromatic rings. The van der Waals surface area contributed by atoms with Crippen LogP contribution >= 0.6 is 0 Å². The van der Waals surface area contributed by atoms with Gasteiger partial charge in [-0.2, -0.15) is 0 Å². The molecule has 3 rings (SSSR count). The lowest BCUT2D eigenvalue weighted by Gasteiger charge is -2.06. The Morgan fingerprint density at radius 1 is 0.632 bits per heavy atom. The first kappa shape index (κ1) is 17.2. The van der Waals surface area contributed by atoms with E-state index in [9.17, 15) is 0 Å². The lowest BCUT2D eigenvalue weighted by Crippen LogP contribution is -1.81. The van der Waals surface area contributed by atoms with E-state index < -0.39 is 0 Å². The Labute approximate surface area is 118 Å². The molecule has 0 N–H and O–H groups in total. The third-order valence-electron chi connectivity index (χ3n) is 2.97. The largest absolute Gasteiger partial charge is 0.0776 e. The molecule has 0 saturated heterocycles. The van der Waals surface area contributed by atoms with Gasteiger partial charge in [0.25, 0.3) is 0 Å². The predicted octanol–water partition coefficient (Wildman–Crippen LogP) is 6.60. The Balaban J connectivity index is 0.000000776. The van der Waals surface area contributed by atoms with Gasteiger partial charge in [0, 0.05) is 0 Å². The first-order chi connectivity index (χ1) is 8.36. The Morgan fingerprint density at radius 2 is 1.11 bits per heavy atom. The highest BCUT2D eigenvalue weighted by atomic mass is 14.1. The van der Waals surface area contributed by atoms with Crippen LogP contribution in [0.4, 0.5) is 0 Å². The zero-order chi connectivity index (χ0) is 12.3. The highest BCUT2D eigenvalue weighted by Crippen LogP contribution is 2.27. The van der Waals surface area contributed by atoms with Crippen LogP contribution in [0.25, 0.3) is 21.5 Å². The SMILES string of the molecule is C.C.CC.Cc1cc2ccccc2c2ccccc12. The van der Waals surface area contributed by atoms with Gasteiger partial charge in [-0.3, -0.25) is 0 Å². The third-order valence-corrected chi connectivity index (χ3v) is 2.97. The van der Waals surface area contributed by atoms with Gasteiger partial charge in [0.15, 0.2) is 0 Å². The minimum absolute atomic E-state index is 0. The molecule has 102 valence electrons. The monoisotopic (exact) mass is 254 g/mol. The summed E-state index contributed by atoms with van der Waals surface area (Å²) in [7, 11) is 0. The molecule has 0 bridgehead atoms. The van der Waals surface area contributed by atoms with Crippen LogP contribution < -0.4 is 0 Å². The zero-order valence-corrected chi connectivity index (χ0v) is 10.7. The fraction of sp³-hybridized carbons (Fsp3) is 0.263. The van der Waals surface area contributed by atoms with E-state index in [1.807, 2.05) is 13.8 Å². The van der Waals surface area contributed by atoms with Crippen LogP contribution in [0.3, 0.4) is 0 Å². The van der Waals surface area contributed by atoms with Gasteiger partial charge in [0.2, 0.25) is 0 Å². The van der Waals surface area contributed by atoms with Gasteiger partial charge in [-0.1, -0.05) is 83.3 Å². The van der Waals surface area contributed by atoms with E-state index in [-0.39, 0.29) is 14.9 Å². The molecule has 0 aliphatic carbocycles. The Hall–Kier alpha value is -1.82. The Morgan fingerprint density at radius 3 is 1.74 bits per heavy atom. The van der Waals surface area contributed by atoms with Crippen LogP contribution in [0.5, 0.6) is 0 Å². The molecule has 0 spiro atoms.